The van der Waals surface area contributed by atoms with Gasteiger partial charge in [-0.25, -0.2) is 0 Å². The minimum atomic E-state index is -4.70. The number of hydrogen-bond donors (Lipinski definition) is 2. The minimum Gasteiger partial charge on any atom is -0.481 e. The van der Waals surface area contributed by atoms with Crippen molar-refractivity contribution in [2.24, 2.45) is 7.05 Å². The fraction of sp³-hybridized carbons (Fsp3) is 0.267. The van der Waals surface area contributed by atoms with Crippen LogP contribution in [0.4, 0.5) is 13.2 Å². The van der Waals surface area contributed by atoms with E-state index >= 15 is 0 Å². The maximum absolute atomic E-state index is 13.2. The summed E-state index contributed by atoms with van der Waals surface area (Å²) in [5.74, 6) is -2.05. The van der Waals surface area contributed by atoms with Gasteiger partial charge < -0.3 is 10.4 Å². The number of carboxylic acids is 1. The number of aryl methyl sites for hydroxylation is 1. The third kappa shape index (κ3) is 4.34. The highest BCUT2D eigenvalue weighted by atomic mass is 19.4. The molecule has 1 unspecified atom stereocenters. The number of benzene rings is 1. The summed E-state index contributed by atoms with van der Waals surface area (Å²) in [5, 5.41) is 14.3. The molecule has 0 saturated heterocycles. The largest absolute Gasteiger partial charge is 0.481 e. The smallest absolute Gasteiger partial charge is 0.413 e. The molecule has 1 aromatic carbocycles. The van der Waals surface area contributed by atoms with E-state index in [0.29, 0.717) is 5.56 Å². The maximum atomic E-state index is 13.2. The molecule has 0 aliphatic rings. The first-order valence-corrected chi connectivity index (χ1v) is 6.83. The normalized spacial score (nSPS) is 12.7. The van der Waals surface area contributed by atoms with Crippen LogP contribution in [0.3, 0.4) is 0 Å². The zero-order chi connectivity index (χ0) is 17.9. The van der Waals surface area contributed by atoms with Crippen molar-refractivity contribution in [1.82, 2.24) is 15.1 Å². The first kappa shape index (κ1) is 17.5. The van der Waals surface area contributed by atoms with Crippen molar-refractivity contribution in [3.05, 3.63) is 53.3 Å². The lowest BCUT2D eigenvalue weighted by Gasteiger charge is -2.20. The molecule has 128 valence electrons. The van der Waals surface area contributed by atoms with Gasteiger partial charge in [-0.2, -0.15) is 18.3 Å². The molecule has 2 N–H and O–H groups in total. The van der Waals surface area contributed by atoms with Crippen LogP contribution < -0.4 is 5.32 Å². The Hall–Kier alpha value is -2.84. The average Bonchev–Trinajstić information content (AvgIpc) is 2.89. The number of hydrogen-bond acceptors (Lipinski definition) is 3. The Morgan fingerprint density at radius 2 is 2.08 bits per heavy atom. The van der Waals surface area contributed by atoms with Gasteiger partial charge in [-0.05, 0) is 17.7 Å². The number of carbonyl (C=O) groups excluding carboxylic acids is 1. The molecule has 0 aliphatic heterocycles. The number of rotatable bonds is 5. The van der Waals surface area contributed by atoms with Gasteiger partial charge in [0.25, 0.3) is 5.91 Å². The molecular weight excluding hydrogens is 327 g/mol. The molecule has 0 spiro atoms. The molecule has 2 aromatic rings. The van der Waals surface area contributed by atoms with Crippen LogP contribution in [0, 0.1) is 0 Å². The van der Waals surface area contributed by atoms with E-state index < -0.39 is 24.1 Å². The molecule has 1 heterocycles. The van der Waals surface area contributed by atoms with Crippen molar-refractivity contribution < 1.29 is 27.9 Å². The summed E-state index contributed by atoms with van der Waals surface area (Å²) >= 11 is 0. The summed E-state index contributed by atoms with van der Waals surface area (Å²) in [4.78, 5) is 22.8. The summed E-state index contributed by atoms with van der Waals surface area (Å²) in [5.41, 5.74) is 0.0759. The summed E-state index contributed by atoms with van der Waals surface area (Å²) < 4.78 is 40.8. The standard InChI is InChI=1S/C15H14F3N3O3/c1-21-8-11(7-19-21)13(15(16,17)18)20-14(24)10-4-2-3-9(5-10)6-12(22)23/h2-5,7-8,13H,6H2,1H3,(H,20,24)(H,22,23). The molecular formula is C15H14F3N3O3. The van der Waals surface area contributed by atoms with Crippen LogP contribution in [-0.2, 0) is 18.3 Å². The van der Waals surface area contributed by atoms with Gasteiger partial charge in [-0.3, -0.25) is 14.3 Å². The Balaban J connectivity index is 2.23. The second kappa shape index (κ2) is 6.73. The molecule has 1 aromatic heterocycles. The molecule has 24 heavy (non-hydrogen) atoms. The Morgan fingerprint density at radius 1 is 1.38 bits per heavy atom. The number of alkyl halides is 3. The molecule has 1 amide bonds. The molecule has 0 fully saturated rings. The highest BCUT2D eigenvalue weighted by molar-refractivity contribution is 5.94. The van der Waals surface area contributed by atoms with Crippen LogP contribution in [0.5, 0.6) is 0 Å². The van der Waals surface area contributed by atoms with Crippen LogP contribution >= 0.6 is 0 Å². The predicted molar refractivity (Wildman–Crippen MR) is 77.3 cm³/mol. The number of carbonyl (C=O) groups is 2. The van der Waals surface area contributed by atoms with Gasteiger partial charge >= 0.3 is 12.1 Å². The number of aliphatic carboxylic acids is 1. The van der Waals surface area contributed by atoms with E-state index in [1.54, 1.807) is 0 Å². The van der Waals surface area contributed by atoms with Crippen LogP contribution in [0.15, 0.2) is 36.7 Å². The molecule has 0 saturated carbocycles. The first-order chi connectivity index (χ1) is 11.2. The van der Waals surface area contributed by atoms with Crippen molar-refractivity contribution in [3.8, 4) is 0 Å². The van der Waals surface area contributed by atoms with Crippen molar-refractivity contribution in [1.29, 1.82) is 0 Å². The van der Waals surface area contributed by atoms with Crippen LogP contribution in [0.2, 0.25) is 0 Å². The SMILES string of the molecule is Cn1cc(C(NC(=O)c2cccc(CC(=O)O)c2)C(F)(F)F)cn1. The summed E-state index contributed by atoms with van der Waals surface area (Å²) in [6, 6.07) is 3.26. The fourth-order valence-corrected chi connectivity index (χ4v) is 2.15. The van der Waals surface area contributed by atoms with Crippen molar-refractivity contribution in [2.45, 2.75) is 18.6 Å². The summed E-state index contributed by atoms with van der Waals surface area (Å²) in [6.07, 6.45) is -2.83. The summed E-state index contributed by atoms with van der Waals surface area (Å²) in [7, 11) is 1.47. The third-order valence-electron chi connectivity index (χ3n) is 3.21. The number of amides is 1. The van der Waals surface area contributed by atoms with Gasteiger partial charge in [-0.15, -0.1) is 0 Å². The van der Waals surface area contributed by atoms with Gasteiger partial charge in [0.15, 0.2) is 6.04 Å². The maximum Gasteiger partial charge on any atom is 0.413 e. The number of nitrogens with zero attached hydrogens (tertiary/aromatic N) is 2. The number of nitrogens with one attached hydrogen (secondary N) is 1. The van der Waals surface area contributed by atoms with Crippen molar-refractivity contribution in [2.75, 3.05) is 0 Å². The molecule has 6 nitrogen and oxygen atoms in total. The van der Waals surface area contributed by atoms with E-state index in [1.807, 2.05) is 5.32 Å². The number of aromatic nitrogens is 2. The zero-order valence-corrected chi connectivity index (χ0v) is 12.5. The Kier molecular flexibility index (Phi) is 4.91. The number of halogens is 3. The summed E-state index contributed by atoms with van der Waals surface area (Å²) in [6.45, 7) is 0. The average molecular weight is 341 g/mol. The van der Waals surface area contributed by atoms with Crippen LogP contribution in [0.25, 0.3) is 0 Å². The van der Waals surface area contributed by atoms with Gasteiger partial charge in [0, 0.05) is 24.4 Å². The van der Waals surface area contributed by atoms with Crippen LogP contribution in [0.1, 0.15) is 27.5 Å². The van der Waals surface area contributed by atoms with Crippen molar-refractivity contribution in [3.63, 3.8) is 0 Å². The van der Waals surface area contributed by atoms with Gasteiger partial charge in [0.2, 0.25) is 0 Å². The second-order valence-corrected chi connectivity index (χ2v) is 5.17. The monoisotopic (exact) mass is 341 g/mol. The quantitative estimate of drug-likeness (QED) is 0.872. The zero-order valence-electron chi connectivity index (χ0n) is 12.5. The third-order valence-corrected chi connectivity index (χ3v) is 3.21. The van der Waals surface area contributed by atoms with Gasteiger partial charge in [0.1, 0.15) is 0 Å². The lowest BCUT2D eigenvalue weighted by molar-refractivity contribution is -0.155. The molecule has 2 rings (SSSR count). The number of carboxylic acid groups (broad SMARTS) is 1. The Labute approximate surface area is 134 Å². The Morgan fingerprint density at radius 3 is 2.62 bits per heavy atom. The molecule has 0 bridgehead atoms. The minimum absolute atomic E-state index is 0.0492. The lowest BCUT2D eigenvalue weighted by Crippen LogP contribution is -2.38. The first-order valence-electron chi connectivity index (χ1n) is 6.83. The van der Waals surface area contributed by atoms with E-state index in [2.05, 4.69) is 5.10 Å². The van der Waals surface area contributed by atoms with Gasteiger partial charge in [0.05, 0.1) is 12.6 Å². The van der Waals surface area contributed by atoms with E-state index in [1.165, 1.54) is 42.2 Å². The second-order valence-electron chi connectivity index (χ2n) is 5.17. The van der Waals surface area contributed by atoms with E-state index in [9.17, 15) is 22.8 Å². The predicted octanol–water partition coefficient (Wildman–Crippen LogP) is 2.08. The highest BCUT2D eigenvalue weighted by Crippen LogP contribution is 2.32. The topological polar surface area (TPSA) is 84.2 Å². The molecule has 0 aliphatic carbocycles. The Bertz CT molecular complexity index is 756. The van der Waals surface area contributed by atoms with Gasteiger partial charge in [-0.1, -0.05) is 12.1 Å². The molecule has 9 heteroatoms. The van der Waals surface area contributed by atoms with E-state index in [0.717, 1.165) is 6.20 Å². The fourth-order valence-electron chi connectivity index (χ4n) is 2.15. The highest BCUT2D eigenvalue weighted by Gasteiger charge is 2.42. The van der Waals surface area contributed by atoms with E-state index in [4.69, 9.17) is 5.11 Å². The molecule has 1 atom stereocenters. The van der Waals surface area contributed by atoms with Crippen LogP contribution in [-0.4, -0.2) is 32.9 Å². The van der Waals surface area contributed by atoms with E-state index in [-0.39, 0.29) is 17.5 Å². The van der Waals surface area contributed by atoms with Crippen molar-refractivity contribution >= 4 is 11.9 Å². The lowest BCUT2D eigenvalue weighted by atomic mass is 10.1. The molecule has 0 radical (unpaired) electrons.